The average Bonchev–Trinajstić information content (AvgIpc) is 3.73. The van der Waals surface area contributed by atoms with Crippen LogP contribution >= 0.6 is 0 Å². The number of methoxy groups -OCH3 is 2. The zero-order chi connectivity index (χ0) is 30.3. The predicted molar refractivity (Wildman–Crippen MR) is 155 cm³/mol. The van der Waals surface area contributed by atoms with Crippen molar-refractivity contribution in [2.45, 2.75) is 31.1 Å². The number of ether oxygens (including phenoxy) is 2. The summed E-state index contributed by atoms with van der Waals surface area (Å²) in [6.07, 6.45) is -1.11. The van der Waals surface area contributed by atoms with E-state index in [9.17, 15) is 22.8 Å². The number of fused-ring (bicyclic) bond motifs is 3. The Hall–Kier alpha value is -4.93. The van der Waals surface area contributed by atoms with Crippen molar-refractivity contribution in [3.8, 4) is 17.2 Å². The van der Waals surface area contributed by atoms with E-state index in [-0.39, 0.29) is 24.2 Å². The molecule has 1 aliphatic heterocycles. The van der Waals surface area contributed by atoms with Crippen LogP contribution in [-0.2, 0) is 11.0 Å². The number of hydrogen-bond donors (Lipinski definition) is 1. The number of carbonyl (C=O) groups is 2. The Labute approximate surface area is 246 Å². The maximum atomic E-state index is 14.4. The maximum absolute atomic E-state index is 14.4. The van der Waals surface area contributed by atoms with Gasteiger partial charge in [0.05, 0.1) is 36.9 Å². The number of nitrogens with one attached hydrogen (secondary N) is 1. The molecular weight excluding hydrogens is 561 g/mol. The lowest BCUT2D eigenvalue weighted by Crippen LogP contribution is -2.48. The Morgan fingerprint density at radius 2 is 1.65 bits per heavy atom. The van der Waals surface area contributed by atoms with Gasteiger partial charge in [-0.3, -0.25) is 9.69 Å². The van der Waals surface area contributed by atoms with E-state index in [1.54, 1.807) is 31.3 Å². The number of hydrogen-bond acceptors (Lipinski definition) is 4. The number of nitrogens with zero attached hydrogens (tertiary/aromatic N) is 3. The molecule has 222 valence electrons. The molecule has 4 aromatic rings. The average molecular weight is 591 g/mol. The van der Waals surface area contributed by atoms with Crippen LogP contribution in [0.1, 0.15) is 35.7 Å². The van der Waals surface area contributed by atoms with Crippen molar-refractivity contribution in [3.63, 3.8) is 0 Å². The van der Waals surface area contributed by atoms with Gasteiger partial charge < -0.3 is 24.3 Å². The van der Waals surface area contributed by atoms with Crippen molar-refractivity contribution in [3.05, 3.63) is 102 Å². The largest absolute Gasteiger partial charge is 0.497 e. The van der Waals surface area contributed by atoms with Crippen LogP contribution in [0.2, 0.25) is 0 Å². The molecule has 1 fully saturated rings. The molecule has 1 atom stereocenters. The first-order valence-electron chi connectivity index (χ1n) is 13.7. The summed E-state index contributed by atoms with van der Waals surface area (Å²) in [5.74, 6) is 0.828. The van der Waals surface area contributed by atoms with Gasteiger partial charge in [0, 0.05) is 23.5 Å². The number of halogens is 3. The predicted octanol–water partition coefficient (Wildman–Crippen LogP) is 6.65. The molecule has 6 rings (SSSR count). The summed E-state index contributed by atoms with van der Waals surface area (Å²) >= 11 is 0. The fraction of sp³-hybridized carbons (Fsp3) is 0.250. The van der Waals surface area contributed by atoms with Crippen molar-refractivity contribution >= 4 is 23.3 Å². The summed E-state index contributed by atoms with van der Waals surface area (Å²) in [6, 6.07) is 19.7. The fourth-order valence-electron chi connectivity index (χ4n) is 5.52. The molecule has 43 heavy (non-hydrogen) atoms. The number of anilines is 2. The highest BCUT2D eigenvalue weighted by molar-refractivity contribution is 6.01. The molecule has 2 heterocycles. The van der Waals surface area contributed by atoms with Gasteiger partial charge >= 0.3 is 12.2 Å². The van der Waals surface area contributed by atoms with E-state index in [0.29, 0.717) is 22.7 Å². The molecule has 8 nitrogen and oxygen atoms in total. The number of alkyl halides is 3. The van der Waals surface area contributed by atoms with Crippen LogP contribution in [0.25, 0.3) is 5.69 Å². The summed E-state index contributed by atoms with van der Waals surface area (Å²) in [6.45, 7) is -0.241. The van der Waals surface area contributed by atoms with Crippen LogP contribution in [0.15, 0.2) is 85.1 Å². The van der Waals surface area contributed by atoms with Gasteiger partial charge in [-0.2, -0.15) is 13.2 Å². The van der Waals surface area contributed by atoms with Gasteiger partial charge in [0.2, 0.25) is 5.91 Å². The smallest absolute Gasteiger partial charge is 0.416 e. The normalized spacial score (nSPS) is 15.7. The molecule has 1 aliphatic carbocycles. The summed E-state index contributed by atoms with van der Waals surface area (Å²) < 4.78 is 52.3. The second-order valence-electron chi connectivity index (χ2n) is 10.4. The van der Waals surface area contributed by atoms with Crippen molar-refractivity contribution in [2.24, 2.45) is 0 Å². The van der Waals surface area contributed by atoms with E-state index in [1.807, 2.05) is 53.2 Å². The number of rotatable bonds is 7. The fourth-order valence-corrected chi connectivity index (χ4v) is 5.52. The Bertz CT molecular complexity index is 1660. The molecule has 3 amide bonds. The Balaban J connectivity index is 1.35. The van der Waals surface area contributed by atoms with E-state index in [0.717, 1.165) is 36.4 Å². The topological polar surface area (TPSA) is 76.0 Å². The second-order valence-corrected chi connectivity index (χ2v) is 10.4. The third-order valence-corrected chi connectivity index (χ3v) is 7.74. The van der Waals surface area contributed by atoms with Gasteiger partial charge in [0.1, 0.15) is 24.1 Å². The number of amides is 3. The lowest BCUT2D eigenvalue weighted by Gasteiger charge is -2.40. The molecule has 0 saturated heterocycles. The Kier molecular flexibility index (Phi) is 7.25. The molecule has 1 aromatic heterocycles. The van der Waals surface area contributed by atoms with Gasteiger partial charge in [0.25, 0.3) is 0 Å². The van der Waals surface area contributed by atoms with Crippen LogP contribution in [0, 0.1) is 0 Å². The van der Waals surface area contributed by atoms with Crippen LogP contribution in [0.3, 0.4) is 0 Å². The third kappa shape index (κ3) is 5.38. The molecular formula is C32H29F3N4O4. The molecule has 1 unspecified atom stereocenters. The van der Waals surface area contributed by atoms with Gasteiger partial charge in [-0.15, -0.1) is 0 Å². The zero-order valence-corrected chi connectivity index (χ0v) is 23.5. The van der Waals surface area contributed by atoms with Crippen LogP contribution < -0.4 is 19.7 Å². The molecule has 0 radical (unpaired) electrons. The van der Waals surface area contributed by atoms with Crippen molar-refractivity contribution in [1.29, 1.82) is 0 Å². The minimum atomic E-state index is -4.48. The summed E-state index contributed by atoms with van der Waals surface area (Å²) in [5.41, 5.74) is 2.39. The monoisotopic (exact) mass is 590 g/mol. The summed E-state index contributed by atoms with van der Waals surface area (Å²) in [5, 5.41) is 2.67. The second kappa shape index (κ2) is 11.0. The SMILES string of the molecule is COc1ccc(OC)c(C2c3cccn3-c3ccccc3N2C(=O)CN(C(=O)Nc2ccc(C(F)(F)F)cc2)C2CC2)c1. The van der Waals surface area contributed by atoms with Gasteiger partial charge in [-0.05, 0) is 79.6 Å². The van der Waals surface area contributed by atoms with Gasteiger partial charge in [-0.25, -0.2) is 4.79 Å². The van der Waals surface area contributed by atoms with Crippen LogP contribution in [-0.4, -0.2) is 48.2 Å². The van der Waals surface area contributed by atoms with Crippen LogP contribution in [0.4, 0.5) is 29.3 Å². The highest BCUT2D eigenvalue weighted by atomic mass is 19.4. The standard InChI is InChI=1S/C32H29F3N4O4/c1-42-23-15-16-28(43-2)24(18-23)30-27-8-5-17-37(27)25-6-3-4-7-26(25)39(30)29(40)19-38(22-13-14-22)31(41)36-21-11-9-20(10-12-21)32(33,34)35/h3-12,15-18,22,30H,13-14,19H2,1-2H3,(H,36,41). The Morgan fingerprint density at radius 3 is 2.30 bits per heavy atom. The first-order valence-corrected chi connectivity index (χ1v) is 13.7. The number of benzene rings is 3. The number of urea groups is 1. The third-order valence-electron chi connectivity index (χ3n) is 7.74. The number of carbonyl (C=O) groups excluding carboxylic acids is 2. The first-order chi connectivity index (χ1) is 20.7. The molecule has 0 spiro atoms. The molecule has 2 aliphatic rings. The lowest BCUT2D eigenvalue weighted by molar-refractivity contribution is -0.137. The lowest BCUT2D eigenvalue weighted by atomic mass is 9.96. The minimum absolute atomic E-state index is 0.160. The van der Waals surface area contributed by atoms with E-state index in [2.05, 4.69) is 5.32 Å². The molecule has 11 heteroatoms. The first kappa shape index (κ1) is 28.2. The van der Waals surface area contributed by atoms with Gasteiger partial charge in [-0.1, -0.05) is 12.1 Å². The highest BCUT2D eigenvalue weighted by Crippen LogP contribution is 2.45. The zero-order valence-electron chi connectivity index (χ0n) is 23.5. The molecule has 0 bridgehead atoms. The van der Waals surface area contributed by atoms with E-state index < -0.39 is 23.8 Å². The van der Waals surface area contributed by atoms with Crippen LogP contribution in [0.5, 0.6) is 11.5 Å². The summed E-state index contributed by atoms with van der Waals surface area (Å²) in [4.78, 5) is 30.9. The van der Waals surface area contributed by atoms with Crippen molar-refractivity contribution < 1.29 is 32.2 Å². The molecule has 3 aromatic carbocycles. The van der Waals surface area contributed by atoms with Crippen molar-refractivity contribution in [2.75, 3.05) is 31.0 Å². The number of aromatic nitrogens is 1. The van der Waals surface area contributed by atoms with E-state index in [4.69, 9.17) is 9.47 Å². The van der Waals surface area contributed by atoms with E-state index >= 15 is 0 Å². The van der Waals surface area contributed by atoms with Crippen molar-refractivity contribution in [1.82, 2.24) is 9.47 Å². The van der Waals surface area contributed by atoms with E-state index in [1.165, 1.54) is 17.0 Å². The minimum Gasteiger partial charge on any atom is -0.497 e. The Morgan fingerprint density at radius 1 is 0.930 bits per heavy atom. The quantitative estimate of drug-likeness (QED) is 0.262. The molecule has 1 saturated carbocycles. The van der Waals surface area contributed by atoms with Gasteiger partial charge in [0.15, 0.2) is 0 Å². The number of para-hydroxylation sites is 2. The summed E-state index contributed by atoms with van der Waals surface area (Å²) in [7, 11) is 3.13. The molecule has 1 N–H and O–H groups in total. The highest BCUT2D eigenvalue weighted by Gasteiger charge is 2.41. The maximum Gasteiger partial charge on any atom is 0.416 e.